The minimum Gasteiger partial charge on any atom is -0.278 e. The van der Waals surface area contributed by atoms with Crippen LogP contribution in [0.15, 0.2) is 72.9 Å². The Labute approximate surface area is 164 Å². The second-order valence-corrected chi connectivity index (χ2v) is 6.99. The van der Waals surface area contributed by atoms with Crippen LogP contribution < -0.4 is 4.90 Å². The molecule has 0 spiro atoms. The number of nitrogens with zero attached hydrogens (tertiary/aromatic N) is 4. The summed E-state index contributed by atoms with van der Waals surface area (Å²) in [5.74, 6) is -0.367. The number of non-ortho nitro benzene ring substituents is 1. The molecule has 8 heteroatoms. The molecule has 0 aliphatic rings. The van der Waals surface area contributed by atoms with Crippen LogP contribution in [-0.2, 0) is 6.54 Å². The van der Waals surface area contributed by atoms with Crippen molar-refractivity contribution in [1.82, 2.24) is 9.97 Å². The summed E-state index contributed by atoms with van der Waals surface area (Å²) >= 11 is 1.39. The lowest BCUT2D eigenvalue weighted by Gasteiger charge is -2.19. The van der Waals surface area contributed by atoms with Gasteiger partial charge in [0.2, 0.25) is 0 Å². The highest BCUT2D eigenvalue weighted by Gasteiger charge is 2.23. The summed E-state index contributed by atoms with van der Waals surface area (Å²) in [6.07, 6.45) is 1.66. The lowest BCUT2D eigenvalue weighted by atomic mass is 10.1. The summed E-state index contributed by atoms with van der Waals surface area (Å²) in [5.41, 5.74) is 1.58. The summed E-state index contributed by atoms with van der Waals surface area (Å²) < 4.78 is 0.954. The van der Waals surface area contributed by atoms with Gasteiger partial charge in [0, 0.05) is 23.9 Å². The van der Waals surface area contributed by atoms with Gasteiger partial charge in [0.1, 0.15) is 0 Å². The molecule has 0 unspecified atom stereocenters. The van der Waals surface area contributed by atoms with Crippen molar-refractivity contribution >= 4 is 38.3 Å². The van der Waals surface area contributed by atoms with E-state index < -0.39 is 4.92 Å². The van der Waals surface area contributed by atoms with E-state index in [0.717, 1.165) is 10.2 Å². The molecule has 0 saturated carbocycles. The normalized spacial score (nSPS) is 10.7. The van der Waals surface area contributed by atoms with Crippen molar-refractivity contribution < 1.29 is 9.72 Å². The van der Waals surface area contributed by atoms with Crippen LogP contribution in [0.5, 0.6) is 0 Å². The topological polar surface area (TPSA) is 89.2 Å². The van der Waals surface area contributed by atoms with Crippen molar-refractivity contribution in [2.24, 2.45) is 0 Å². The number of para-hydroxylation sites is 1. The largest absolute Gasteiger partial charge is 0.278 e. The number of anilines is 1. The van der Waals surface area contributed by atoms with Crippen LogP contribution in [0.1, 0.15) is 16.1 Å². The highest BCUT2D eigenvalue weighted by atomic mass is 32.1. The summed E-state index contributed by atoms with van der Waals surface area (Å²) in [4.78, 5) is 34.2. The second kappa shape index (κ2) is 7.53. The molecule has 0 fully saturated rings. The zero-order valence-electron chi connectivity index (χ0n) is 14.6. The number of hydrogen-bond donors (Lipinski definition) is 0. The smallest absolute Gasteiger partial charge is 0.270 e. The number of carbonyl (C=O) groups excluding carboxylic acids is 1. The maximum absolute atomic E-state index is 13.2. The number of benzene rings is 2. The Morgan fingerprint density at radius 1 is 1.07 bits per heavy atom. The van der Waals surface area contributed by atoms with Crippen LogP contribution in [0.3, 0.4) is 0 Å². The van der Waals surface area contributed by atoms with Crippen molar-refractivity contribution in [3.05, 3.63) is 94.3 Å². The molecule has 7 nitrogen and oxygen atoms in total. The lowest BCUT2D eigenvalue weighted by molar-refractivity contribution is -0.384. The molecule has 0 N–H and O–H groups in total. The quantitative estimate of drug-likeness (QED) is 0.371. The molecule has 0 aliphatic carbocycles. The fourth-order valence-electron chi connectivity index (χ4n) is 2.76. The van der Waals surface area contributed by atoms with Gasteiger partial charge in [-0.15, -0.1) is 0 Å². The number of pyridine rings is 1. The second-order valence-electron chi connectivity index (χ2n) is 5.98. The highest BCUT2D eigenvalue weighted by Crippen LogP contribution is 2.30. The summed E-state index contributed by atoms with van der Waals surface area (Å²) in [5, 5.41) is 11.6. The Balaban J connectivity index is 1.76. The van der Waals surface area contributed by atoms with Crippen LogP contribution >= 0.6 is 11.3 Å². The van der Waals surface area contributed by atoms with Crippen molar-refractivity contribution in [3.63, 3.8) is 0 Å². The molecule has 0 aliphatic heterocycles. The predicted molar refractivity (Wildman–Crippen MR) is 107 cm³/mol. The third-order valence-electron chi connectivity index (χ3n) is 4.11. The van der Waals surface area contributed by atoms with Gasteiger partial charge in [-0.2, -0.15) is 0 Å². The molecule has 138 valence electrons. The van der Waals surface area contributed by atoms with E-state index in [0.29, 0.717) is 10.8 Å². The number of rotatable bonds is 5. The fourth-order valence-corrected chi connectivity index (χ4v) is 3.73. The van der Waals surface area contributed by atoms with Crippen LogP contribution in [0.2, 0.25) is 0 Å². The van der Waals surface area contributed by atoms with Crippen LogP contribution in [0.25, 0.3) is 10.2 Å². The summed E-state index contributed by atoms with van der Waals surface area (Å²) in [7, 11) is 0. The van der Waals surface area contributed by atoms with Gasteiger partial charge >= 0.3 is 0 Å². The third kappa shape index (κ3) is 3.58. The predicted octanol–water partition coefficient (Wildman–Crippen LogP) is 4.45. The SMILES string of the molecule is O=C(c1cccc([N+](=O)[O-])c1)N(Cc1ccccn1)c1nc2ccccc2s1. The van der Waals surface area contributed by atoms with Gasteiger partial charge in [0.15, 0.2) is 5.13 Å². The van der Waals surface area contributed by atoms with E-state index in [1.807, 2.05) is 36.4 Å². The van der Waals surface area contributed by atoms with Crippen LogP contribution in [0, 0.1) is 10.1 Å². The zero-order valence-corrected chi connectivity index (χ0v) is 15.4. The number of nitro groups is 1. The van der Waals surface area contributed by atoms with Gasteiger partial charge < -0.3 is 0 Å². The van der Waals surface area contributed by atoms with Crippen molar-refractivity contribution in [3.8, 4) is 0 Å². The molecule has 4 aromatic rings. The molecular weight excluding hydrogens is 376 g/mol. The molecule has 2 aromatic carbocycles. The number of carbonyl (C=O) groups is 1. The molecule has 0 bridgehead atoms. The van der Waals surface area contributed by atoms with Crippen LogP contribution in [-0.4, -0.2) is 20.8 Å². The van der Waals surface area contributed by atoms with E-state index in [9.17, 15) is 14.9 Å². The van der Waals surface area contributed by atoms with Crippen LogP contribution in [0.4, 0.5) is 10.8 Å². The average molecular weight is 390 g/mol. The van der Waals surface area contributed by atoms with Gasteiger partial charge in [-0.25, -0.2) is 4.98 Å². The number of aromatic nitrogens is 2. The van der Waals surface area contributed by atoms with E-state index in [1.165, 1.54) is 34.4 Å². The zero-order chi connectivity index (χ0) is 19.5. The van der Waals surface area contributed by atoms with E-state index >= 15 is 0 Å². The Bertz CT molecular complexity index is 1130. The van der Waals surface area contributed by atoms with E-state index in [4.69, 9.17) is 0 Å². The Hall–Kier alpha value is -3.65. The van der Waals surface area contributed by atoms with Gasteiger partial charge in [-0.1, -0.05) is 35.6 Å². The summed E-state index contributed by atoms with van der Waals surface area (Å²) in [6.45, 7) is 0.211. The number of nitro benzene ring substituents is 1. The molecular formula is C20H14N4O3S. The minimum absolute atomic E-state index is 0.132. The van der Waals surface area contributed by atoms with E-state index in [2.05, 4.69) is 9.97 Å². The van der Waals surface area contributed by atoms with Crippen molar-refractivity contribution in [2.45, 2.75) is 6.54 Å². The Morgan fingerprint density at radius 3 is 2.64 bits per heavy atom. The average Bonchev–Trinajstić information content (AvgIpc) is 3.16. The number of thiazole rings is 1. The Morgan fingerprint density at radius 2 is 1.89 bits per heavy atom. The molecule has 4 rings (SSSR count). The lowest BCUT2D eigenvalue weighted by Crippen LogP contribution is -2.30. The van der Waals surface area contributed by atoms with Gasteiger partial charge in [0.25, 0.3) is 11.6 Å². The van der Waals surface area contributed by atoms with E-state index in [1.54, 1.807) is 18.3 Å². The van der Waals surface area contributed by atoms with E-state index in [-0.39, 0.29) is 23.7 Å². The van der Waals surface area contributed by atoms with Crippen molar-refractivity contribution in [1.29, 1.82) is 0 Å². The monoisotopic (exact) mass is 390 g/mol. The number of fused-ring (bicyclic) bond motifs is 1. The number of hydrogen-bond acceptors (Lipinski definition) is 6. The first kappa shape index (κ1) is 17.7. The fraction of sp³-hybridized carbons (Fsp3) is 0.0500. The molecule has 0 saturated heterocycles. The third-order valence-corrected chi connectivity index (χ3v) is 5.17. The van der Waals surface area contributed by atoms with Crippen molar-refractivity contribution in [2.75, 3.05) is 4.90 Å². The van der Waals surface area contributed by atoms with Gasteiger partial charge in [-0.3, -0.25) is 24.8 Å². The van der Waals surface area contributed by atoms with Gasteiger partial charge in [0.05, 0.1) is 27.4 Å². The molecule has 28 heavy (non-hydrogen) atoms. The molecule has 2 heterocycles. The first-order valence-electron chi connectivity index (χ1n) is 8.43. The first-order chi connectivity index (χ1) is 13.6. The maximum Gasteiger partial charge on any atom is 0.270 e. The maximum atomic E-state index is 13.2. The molecule has 1 amide bonds. The minimum atomic E-state index is -0.516. The standard InChI is InChI=1S/C20H14N4O3S/c25-19(14-6-5-8-16(12-14)24(26)27)23(13-15-7-3-4-11-21-15)20-22-17-9-1-2-10-18(17)28-20/h1-12H,13H2. The summed E-state index contributed by atoms with van der Waals surface area (Å²) in [6, 6.07) is 18.8. The van der Waals surface area contributed by atoms with Gasteiger partial charge in [-0.05, 0) is 30.3 Å². The molecule has 2 aromatic heterocycles. The Kier molecular flexibility index (Phi) is 4.77. The first-order valence-corrected chi connectivity index (χ1v) is 9.25. The number of amides is 1. The molecule has 0 radical (unpaired) electrons. The highest BCUT2D eigenvalue weighted by molar-refractivity contribution is 7.22. The molecule has 0 atom stereocenters.